The summed E-state index contributed by atoms with van der Waals surface area (Å²) in [4.78, 5) is 12.1. The highest BCUT2D eigenvalue weighted by Gasteiger charge is 2.17. The number of amides is 1. The predicted octanol–water partition coefficient (Wildman–Crippen LogP) is 3.80. The molecule has 1 fully saturated rings. The summed E-state index contributed by atoms with van der Waals surface area (Å²) in [7, 11) is 0. The van der Waals surface area contributed by atoms with Crippen LogP contribution in [0.1, 0.15) is 48.9 Å². The lowest BCUT2D eigenvalue weighted by atomic mass is 10.1. The summed E-state index contributed by atoms with van der Waals surface area (Å²) >= 11 is 6.03. The maximum atomic E-state index is 12.1. The van der Waals surface area contributed by atoms with Crippen molar-refractivity contribution in [2.45, 2.75) is 44.6 Å². The van der Waals surface area contributed by atoms with Gasteiger partial charge in [0.2, 0.25) is 0 Å². The van der Waals surface area contributed by atoms with Crippen molar-refractivity contribution in [2.75, 3.05) is 5.73 Å². The van der Waals surface area contributed by atoms with Crippen LogP contribution in [0.2, 0.25) is 5.02 Å². The summed E-state index contributed by atoms with van der Waals surface area (Å²) in [5.74, 6) is -0.0908. The Labute approximate surface area is 125 Å². The van der Waals surface area contributed by atoms with Gasteiger partial charge >= 0.3 is 0 Å². The quantitative estimate of drug-likeness (QED) is 0.645. The molecule has 0 bridgehead atoms. The van der Waals surface area contributed by atoms with Crippen molar-refractivity contribution in [3.8, 4) is 0 Å². The van der Waals surface area contributed by atoms with Gasteiger partial charge in [-0.3, -0.25) is 4.79 Å². The van der Waals surface area contributed by atoms with Crippen molar-refractivity contribution in [3.63, 3.8) is 0 Å². The third-order valence-electron chi connectivity index (χ3n) is 3.43. The van der Waals surface area contributed by atoms with Crippen molar-refractivity contribution in [2.24, 2.45) is 0 Å². The molecule has 0 unspecified atom stereocenters. The molecule has 1 aliphatic carbocycles. The van der Waals surface area contributed by atoms with Gasteiger partial charge in [0, 0.05) is 11.7 Å². The molecule has 0 radical (unpaired) electrons. The van der Waals surface area contributed by atoms with Crippen molar-refractivity contribution in [1.29, 1.82) is 0 Å². The summed E-state index contributed by atoms with van der Waals surface area (Å²) in [6.07, 6.45) is 7.07. The number of hydrogen-bond donors (Lipinski definition) is 2. The fourth-order valence-electron chi connectivity index (χ4n) is 2.40. The molecule has 0 heterocycles. The lowest BCUT2D eigenvalue weighted by molar-refractivity contribution is 0.0933. The van der Waals surface area contributed by atoms with Crippen molar-refractivity contribution in [3.05, 3.63) is 28.8 Å². The zero-order valence-corrected chi connectivity index (χ0v) is 12.4. The zero-order valence-electron chi connectivity index (χ0n) is 10.8. The lowest BCUT2D eigenvalue weighted by Crippen LogP contribution is -2.34. The van der Waals surface area contributed by atoms with Crippen LogP contribution in [-0.4, -0.2) is 11.9 Å². The molecule has 5 heteroatoms. The number of anilines is 1. The van der Waals surface area contributed by atoms with Crippen LogP contribution in [0.3, 0.4) is 0 Å². The van der Waals surface area contributed by atoms with Gasteiger partial charge in [0.25, 0.3) is 5.91 Å². The molecule has 0 aliphatic heterocycles. The summed E-state index contributed by atoms with van der Waals surface area (Å²) in [6, 6.07) is 5.29. The number of nitrogen functional groups attached to an aromatic ring is 1. The Morgan fingerprint density at radius 2 is 1.84 bits per heavy atom. The van der Waals surface area contributed by atoms with Gasteiger partial charge in [0.05, 0.1) is 10.6 Å². The van der Waals surface area contributed by atoms with Gasteiger partial charge in [-0.2, -0.15) is 0 Å². The Morgan fingerprint density at radius 3 is 2.42 bits per heavy atom. The number of rotatable bonds is 2. The van der Waals surface area contributed by atoms with Crippen LogP contribution in [0.25, 0.3) is 0 Å². The normalized spacial score (nSPS) is 16.3. The highest BCUT2D eigenvalue weighted by molar-refractivity contribution is 6.34. The van der Waals surface area contributed by atoms with Gasteiger partial charge in [-0.05, 0) is 31.0 Å². The van der Waals surface area contributed by atoms with E-state index in [-0.39, 0.29) is 24.4 Å². The first-order chi connectivity index (χ1) is 8.66. The minimum Gasteiger partial charge on any atom is -0.399 e. The van der Waals surface area contributed by atoms with Crippen LogP contribution in [0, 0.1) is 0 Å². The largest absolute Gasteiger partial charge is 0.399 e. The summed E-state index contributed by atoms with van der Waals surface area (Å²) in [5, 5.41) is 3.49. The number of carbonyl (C=O) groups excluding carboxylic acids is 1. The second-order valence-corrected chi connectivity index (χ2v) is 5.31. The highest BCUT2D eigenvalue weighted by atomic mass is 35.5. The molecule has 106 valence electrons. The second-order valence-electron chi connectivity index (χ2n) is 4.90. The van der Waals surface area contributed by atoms with Gasteiger partial charge in [-0.25, -0.2) is 0 Å². The fourth-order valence-corrected chi connectivity index (χ4v) is 2.68. The van der Waals surface area contributed by atoms with Crippen LogP contribution in [0.15, 0.2) is 18.2 Å². The molecule has 3 nitrogen and oxygen atoms in total. The maximum Gasteiger partial charge on any atom is 0.253 e. The summed E-state index contributed by atoms with van der Waals surface area (Å²) in [5.41, 5.74) is 6.70. The summed E-state index contributed by atoms with van der Waals surface area (Å²) in [6.45, 7) is 0. The average molecular weight is 303 g/mol. The lowest BCUT2D eigenvalue weighted by Gasteiger charge is -2.16. The molecule has 0 aromatic heterocycles. The van der Waals surface area contributed by atoms with E-state index >= 15 is 0 Å². The van der Waals surface area contributed by atoms with E-state index in [9.17, 15) is 4.79 Å². The molecule has 3 N–H and O–H groups in total. The van der Waals surface area contributed by atoms with E-state index in [0.29, 0.717) is 16.3 Å². The Bertz CT molecular complexity index is 429. The van der Waals surface area contributed by atoms with E-state index < -0.39 is 0 Å². The topological polar surface area (TPSA) is 55.1 Å². The molecular weight excluding hydrogens is 283 g/mol. The Kier molecular flexibility index (Phi) is 6.46. The summed E-state index contributed by atoms with van der Waals surface area (Å²) < 4.78 is 0. The first-order valence-electron chi connectivity index (χ1n) is 6.52. The smallest absolute Gasteiger partial charge is 0.253 e. The molecule has 19 heavy (non-hydrogen) atoms. The zero-order chi connectivity index (χ0) is 13.0. The Hall–Kier alpha value is -0.930. The van der Waals surface area contributed by atoms with Crippen LogP contribution in [0.4, 0.5) is 5.69 Å². The fraction of sp³-hybridized carbons (Fsp3) is 0.500. The number of halogens is 2. The molecule has 0 saturated heterocycles. The van der Waals surface area contributed by atoms with Gasteiger partial charge in [-0.15, -0.1) is 12.4 Å². The van der Waals surface area contributed by atoms with E-state index in [1.54, 1.807) is 18.2 Å². The van der Waals surface area contributed by atoms with E-state index in [1.807, 2.05) is 0 Å². The molecule has 1 aromatic carbocycles. The third kappa shape index (κ3) is 4.59. The maximum absolute atomic E-state index is 12.1. The number of benzene rings is 1. The molecular formula is C14H20Cl2N2O. The van der Waals surface area contributed by atoms with Crippen LogP contribution in [0.5, 0.6) is 0 Å². The number of hydrogen-bond acceptors (Lipinski definition) is 2. The van der Waals surface area contributed by atoms with Crippen LogP contribution >= 0.6 is 24.0 Å². The van der Waals surface area contributed by atoms with Gasteiger partial charge in [0.15, 0.2) is 0 Å². The number of carbonyl (C=O) groups is 1. The molecule has 0 spiro atoms. The van der Waals surface area contributed by atoms with Crippen LogP contribution in [-0.2, 0) is 0 Å². The average Bonchev–Trinajstić information content (AvgIpc) is 2.57. The van der Waals surface area contributed by atoms with Gasteiger partial charge in [-0.1, -0.05) is 37.3 Å². The first kappa shape index (κ1) is 16.1. The van der Waals surface area contributed by atoms with E-state index in [2.05, 4.69) is 5.32 Å². The molecule has 1 saturated carbocycles. The van der Waals surface area contributed by atoms with Gasteiger partial charge in [0.1, 0.15) is 0 Å². The van der Waals surface area contributed by atoms with E-state index in [1.165, 1.54) is 25.7 Å². The number of nitrogens with one attached hydrogen (secondary N) is 1. The molecule has 1 amide bonds. The van der Waals surface area contributed by atoms with E-state index in [0.717, 1.165) is 12.8 Å². The van der Waals surface area contributed by atoms with Gasteiger partial charge < -0.3 is 11.1 Å². The predicted molar refractivity (Wildman–Crippen MR) is 82.1 cm³/mol. The Morgan fingerprint density at radius 1 is 1.21 bits per heavy atom. The second kappa shape index (κ2) is 7.61. The minimum absolute atomic E-state index is 0. The SMILES string of the molecule is Cl.Nc1ccc(C(=O)NC2CCCCCC2)c(Cl)c1. The molecule has 1 aliphatic rings. The standard InChI is InChI=1S/C14H19ClN2O.ClH/c15-13-9-10(16)7-8-12(13)14(18)17-11-5-3-1-2-4-6-11;/h7-9,11H,1-6,16H2,(H,17,18);1H. The molecule has 0 atom stereocenters. The Balaban J connectivity index is 0.00000180. The molecule has 2 rings (SSSR count). The van der Waals surface area contributed by atoms with Crippen LogP contribution < -0.4 is 11.1 Å². The minimum atomic E-state index is -0.0908. The number of nitrogens with two attached hydrogens (primary N) is 1. The molecule has 1 aromatic rings. The van der Waals surface area contributed by atoms with Crippen molar-refractivity contribution < 1.29 is 4.79 Å². The monoisotopic (exact) mass is 302 g/mol. The van der Waals surface area contributed by atoms with Crippen molar-refractivity contribution in [1.82, 2.24) is 5.32 Å². The highest BCUT2D eigenvalue weighted by Crippen LogP contribution is 2.21. The van der Waals surface area contributed by atoms with E-state index in [4.69, 9.17) is 17.3 Å². The van der Waals surface area contributed by atoms with Crippen molar-refractivity contribution >= 4 is 35.6 Å². The first-order valence-corrected chi connectivity index (χ1v) is 6.90. The third-order valence-corrected chi connectivity index (χ3v) is 3.74.